The largest absolute Gasteiger partial charge is 0.334 e. The molecule has 9 aromatic carbocycles. The Morgan fingerprint density at radius 1 is 0.385 bits per heavy atom. The highest BCUT2D eigenvalue weighted by atomic mass is 32.1. The number of nitrogens with zero attached hydrogens (tertiary/aromatic N) is 4. The van der Waals surface area contributed by atoms with Crippen LogP contribution >= 0.6 is 22.7 Å². The van der Waals surface area contributed by atoms with Crippen molar-refractivity contribution < 1.29 is 0 Å². The van der Waals surface area contributed by atoms with Crippen LogP contribution in [-0.2, 0) is 10.8 Å². The van der Waals surface area contributed by atoms with E-state index in [2.05, 4.69) is 236 Å². The van der Waals surface area contributed by atoms with E-state index in [0.29, 0.717) is 0 Å². The van der Waals surface area contributed by atoms with Crippen molar-refractivity contribution in [3.05, 3.63) is 199 Å². The molecule has 11 aromatic rings. The van der Waals surface area contributed by atoms with E-state index in [9.17, 15) is 0 Å². The molecule has 0 radical (unpaired) electrons. The zero-order valence-electron chi connectivity index (χ0n) is 45.2. The molecule has 0 N–H and O–H groups in total. The number of hydrogen-bond acceptors (Lipinski definition) is 6. The third-order valence-corrected chi connectivity index (χ3v) is 23.3. The molecule has 4 nitrogen and oxygen atoms in total. The van der Waals surface area contributed by atoms with Crippen LogP contribution < -0.4 is 36.0 Å². The van der Waals surface area contributed by atoms with Crippen molar-refractivity contribution >= 4 is 143 Å². The SMILES string of the molecule is Cc1cc2c3c(c1)N(c1cccc4c1sc1ccccc14)c1cc(N4c5ccccc5C5(C)CCCCC45C)ccc1B3c1ccc(N3c4ccccc4C4(C)CCCCC34C)cc1N2c1ccc2sc3ccccc3c2c1. The first-order chi connectivity index (χ1) is 38.1. The third kappa shape index (κ3) is 5.76. The lowest BCUT2D eigenvalue weighted by Gasteiger charge is -2.51. The fraction of sp³-hybridized carbons (Fsp3) is 0.239. The molecular weight excluding hydrogens is 984 g/mol. The number of anilines is 10. The van der Waals surface area contributed by atoms with Crippen LogP contribution in [0.2, 0.25) is 0 Å². The van der Waals surface area contributed by atoms with Crippen LogP contribution in [0, 0.1) is 6.92 Å². The van der Waals surface area contributed by atoms with E-state index in [1.165, 1.54) is 169 Å². The summed E-state index contributed by atoms with van der Waals surface area (Å²) < 4.78 is 5.30. The van der Waals surface area contributed by atoms with E-state index in [-0.39, 0.29) is 28.6 Å². The van der Waals surface area contributed by atoms with Crippen LogP contribution in [0.15, 0.2) is 182 Å². The monoisotopic (exact) mass is 1040 g/mol. The Hall–Kier alpha value is -7.32. The molecule has 0 spiro atoms. The van der Waals surface area contributed by atoms with Gasteiger partial charge in [0, 0.05) is 97.7 Å². The number of hydrogen-bond donors (Lipinski definition) is 0. The first kappa shape index (κ1) is 45.7. The van der Waals surface area contributed by atoms with Crippen molar-refractivity contribution in [1.82, 2.24) is 0 Å². The predicted molar refractivity (Wildman–Crippen MR) is 337 cm³/mol. The maximum atomic E-state index is 2.78. The van der Waals surface area contributed by atoms with Gasteiger partial charge in [0.05, 0.1) is 21.5 Å². The van der Waals surface area contributed by atoms with Gasteiger partial charge in [0.1, 0.15) is 0 Å². The van der Waals surface area contributed by atoms with Crippen LogP contribution in [0.3, 0.4) is 0 Å². The molecular formula is C71H61BN4S2. The zero-order valence-corrected chi connectivity index (χ0v) is 46.8. The molecule has 2 aliphatic carbocycles. The van der Waals surface area contributed by atoms with Gasteiger partial charge in [-0.1, -0.05) is 137 Å². The van der Waals surface area contributed by atoms with E-state index < -0.39 is 0 Å². The molecule has 2 aromatic heterocycles. The maximum Gasteiger partial charge on any atom is 0.252 e. The van der Waals surface area contributed by atoms with Crippen molar-refractivity contribution in [3.63, 3.8) is 0 Å². The zero-order chi connectivity index (χ0) is 52.0. The molecule has 2 saturated carbocycles. The van der Waals surface area contributed by atoms with Gasteiger partial charge < -0.3 is 19.6 Å². The van der Waals surface area contributed by atoms with Gasteiger partial charge in [0.25, 0.3) is 6.71 Å². The summed E-state index contributed by atoms with van der Waals surface area (Å²) in [4.78, 5) is 10.9. The Balaban J connectivity index is 0.952. The van der Waals surface area contributed by atoms with Crippen molar-refractivity contribution in [2.45, 2.75) is 108 Å². The minimum atomic E-state index is -0.0711. The van der Waals surface area contributed by atoms with Crippen LogP contribution in [0.1, 0.15) is 95.8 Å². The van der Waals surface area contributed by atoms with Crippen LogP contribution in [-0.4, -0.2) is 17.8 Å². The molecule has 4 atom stereocenters. The lowest BCUT2D eigenvalue weighted by atomic mass is 9.33. The first-order valence-electron chi connectivity index (χ1n) is 28.7. The highest BCUT2D eigenvalue weighted by Gasteiger charge is 2.59. The fourth-order valence-corrected chi connectivity index (χ4v) is 19.2. The summed E-state index contributed by atoms with van der Waals surface area (Å²) in [6.45, 7) is 12.6. The highest BCUT2D eigenvalue weighted by molar-refractivity contribution is 7.26. The average Bonchev–Trinajstić information content (AvgIpc) is 4.29. The Labute approximate surface area is 466 Å². The molecule has 2 fully saturated rings. The lowest BCUT2D eigenvalue weighted by molar-refractivity contribution is 0.195. The van der Waals surface area contributed by atoms with Crippen LogP contribution in [0.5, 0.6) is 0 Å². The highest BCUT2D eigenvalue weighted by Crippen LogP contribution is 2.63. The molecule has 4 aliphatic heterocycles. The molecule has 78 heavy (non-hydrogen) atoms. The number of thiophene rings is 2. The van der Waals surface area contributed by atoms with Crippen molar-refractivity contribution in [2.75, 3.05) is 19.6 Å². The van der Waals surface area contributed by atoms with E-state index in [0.717, 1.165) is 12.8 Å². The molecule has 6 heterocycles. The average molecular weight is 1050 g/mol. The van der Waals surface area contributed by atoms with Crippen molar-refractivity contribution in [1.29, 1.82) is 0 Å². The molecule has 380 valence electrons. The van der Waals surface area contributed by atoms with Gasteiger partial charge in [-0.25, -0.2) is 0 Å². The number of fused-ring (bicyclic) bond motifs is 16. The number of rotatable bonds is 4. The van der Waals surface area contributed by atoms with E-state index in [1.807, 2.05) is 22.7 Å². The normalized spacial score (nSPS) is 23.6. The summed E-state index contributed by atoms with van der Waals surface area (Å²) >= 11 is 3.83. The molecule has 0 amide bonds. The van der Waals surface area contributed by atoms with Gasteiger partial charge in [-0.2, -0.15) is 0 Å². The second-order valence-corrected chi connectivity index (χ2v) is 26.8. The van der Waals surface area contributed by atoms with Gasteiger partial charge >= 0.3 is 0 Å². The van der Waals surface area contributed by atoms with Crippen molar-refractivity contribution in [2.24, 2.45) is 0 Å². The summed E-state index contributed by atoms with van der Waals surface area (Å²) in [6.07, 6.45) is 9.74. The lowest BCUT2D eigenvalue weighted by Crippen LogP contribution is -2.61. The Morgan fingerprint density at radius 3 is 1.51 bits per heavy atom. The topological polar surface area (TPSA) is 13.0 Å². The van der Waals surface area contributed by atoms with Crippen LogP contribution in [0.25, 0.3) is 40.3 Å². The van der Waals surface area contributed by atoms with E-state index in [4.69, 9.17) is 0 Å². The van der Waals surface area contributed by atoms with Crippen LogP contribution in [0.4, 0.5) is 56.9 Å². The van der Waals surface area contributed by atoms with Gasteiger partial charge in [-0.15, -0.1) is 22.7 Å². The molecule has 0 saturated heterocycles. The molecule has 7 heteroatoms. The van der Waals surface area contributed by atoms with E-state index in [1.54, 1.807) is 0 Å². The number of aryl methyl sites for hydroxylation is 1. The smallest absolute Gasteiger partial charge is 0.252 e. The molecule has 4 unspecified atom stereocenters. The van der Waals surface area contributed by atoms with Gasteiger partial charge in [0.15, 0.2) is 0 Å². The number of benzene rings is 9. The minimum absolute atomic E-state index is 0.0219. The second-order valence-electron chi connectivity index (χ2n) is 24.7. The molecule has 17 rings (SSSR count). The Kier molecular flexibility index (Phi) is 9.33. The van der Waals surface area contributed by atoms with E-state index >= 15 is 0 Å². The quantitative estimate of drug-likeness (QED) is 0.163. The second kappa shape index (κ2) is 15.9. The van der Waals surface area contributed by atoms with Gasteiger partial charge in [-0.05, 0) is 164 Å². The standard InChI is InChI=1S/C71H61BN4S2/c1-44-39-61-66-62(40-44)74(58-26-18-21-50-48-19-6-13-28-64(48)78-67(50)58)60-43-47(76-57-25-11-9-23-53(57)69(3)36-15-17-38-71(69,76)5)30-33-55(60)72(66)54-32-29-46(75-56-24-10-8-22-52(56)68(2)35-14-16-37-70(68,75)4)42-59(54)73(61)45-31-34-65-51(41-45)49-20-7-12-27-63(49)77-65/h6-13,18-34,39-43H,14-17,35-38H2,1-5H3. The third-order valence-electron chi connectivity index (χ3n) is 21.0. The predicted octanol–water partition coefficient (Wildman–Crippen LogP) is 18.3. The summed E-state index contributed by atoms with van der Waals surface area (Å²) in [6, 6.07) is 71.3. The minimum Gasteiger partial charge on any atom is -0.334 e. The Bertz CT molecular complexity index is 4400. The van der Waals surface area contributed by atoms with Crippen molar-refractivity contribution in [3.8, 4) is 0 Å². The van der Waals surface area contributed by atoms with Gasteiger partial charge in [-0.3, -0.25) is 0 Å². The summed E-state index contributed by atoms with van der Waals surface area (Å²) in [5.74, 6) is 0. The van der Waals surface area contributed by atoms with Gasteiger partial charge in [0.2, 0.25) is 0 Å². The molecule has 0 bridgehead atoms. The molecule has 6 aliphatic rings. The maximum absolute atomic E-state index is 2.78. The number of para-hydroxylation sites is 2. The fourth-order valence-electron chi connectivity index (χ4n) is 16.9. The first-order valence-corrected chi connectivity index (χ1v) is 30.3. The summed E-state index contributed by atoms with van der Waals surface area (Å²) in [5.41, 5.74) is 21.0. The Morgan fingerprint density at radius 2 is 0.872 bits per heavy atom. The summed E-state index contributed by atoms with van der Waals surface area (Å²) in [5, 5.41) is 5.28. The summed E-state index contributed by atoms with van der Waals surface area (Å²) in [7, 11) is 0.